The summed E-state index contributed by atoms with van der Waals surface area (Å²) in [6.07, 6.45) is 0.753. The maximum Gasteiger partial charge on any atom is 0.417 e. The van der Waals surface area contributed by atoms with Crippen molar-refractivity contribution in [3.8, 4) is 11.8 Å². The van der Waals surface area contributed by atoms with Gasteiger partial charge in [-0.15, -0.1) is 0 Å². The SMILES string of the molecule is CC.CCC(=O)c1cc(C#CCNCC(CC)CCn2ccc3c(Cl)ncnc32)ccc1C(F)(F)F. The van der Waals surface area contributed by atoms with Gasteiger partial charge in [0.25, 0.3) is 0 Å². The lowest BCUT2D eigenvalue weighted by Gasteiger charge is -2.15. The number of fused-ring (bicyclic) bond motifs is 1. The van der Waals surface area contributed by atoms with Crippen LogP contribution in [0, 0.1) is 17.8 Å². The van der Waals surface area contributed by atoms with Crippen LogP contribution in [-0.2, 0) is 12.7 Å². The number of ketones is 1. The first-order valence-electron chi connectivity index (χ1n) is 12.1. The number of alkyl halides is 3. The zero-order chi connectivity index (χ0) is 26.7. The minimum Gasteiger partial charge on any atom is -0.332 e. The third-order valence-electron chi connectivity index (χ3n) is 5.69. The second-order valence-electron chi connectivity index (χ2n) is 7.94. The molecule has 2 aromatic heterocycles. The largest absolute Gasteiger partial charge is 0.417 e. The molecule has 0 saturated heterocycles. The van der Waals surface area contributed by atoms with Crippen LogP contribution in [0.2, 0.25) is 5.15 Å². The topological polar surface area (TPSA) is 59.8 Å². The minimum atomic E-state index is -4.57. The van der Waals surface area contributed by atoms with Gasteiger partial charge in [0.1, 0.15) is 17.1 Å². The Kier molecular flexibility index (Phi) is 11.4. The van der Waals surface area contributed by atoms with Crippen LogP contribution in [0.25, 0.3) is 11.0 Å². The molecule has 194 valence electrons. The molecule has 0 fully saturated rings. The Balaban J connectivity index is 0.00000222. The number of halogens is 4. The Morgan fingerprint density at radius 3 is 2.61 bits per heavy atom. The van der Waals surface area contributed by atoms with Gasteiger partial charge in [-0.1, -0.05) is 57.6 Å². The molecule has 0 bridgehead atoms. The van der Waals surface area contributed by atoms with Gasteiger partial charge in [0.15, 0.2) is 5.78 Å². The average molecular weight is 521 g/mol. The lowest BCUT2D eigenvalue weighted by molar-refractivity contribution is -0.137. The summed E-state index contributed by atoms with van der Waals surface area (Å²) in [6, 6.07) is 5.37. The van der Waals surface area contributed by atoms with Gasteiger partial charge in [-0.25, -0.2) is 9.97 Å². The molecule has 0 amide bonds. The van der Waals surface area contributed by atoms with Gasteiger partial charge in [0.05, 0.1) is 17.5 Å². The molecule has 36 heavy (non-hydrogen) atoms. The molecule has 0 aliphatic rings. The molecule has 2 heterocycles. The third-order valence-corrected chi connectivity index (χ3v) is 5.99. The Hall–Kier alpha value is -2.89. The molecule has 1 atom stereocenters. The molecule has 0 aliphatic carbocycles. The summed E-state index contributed by atoms with van der Waals surface area (Å²) in [6.45, 7) is 9.61. The Labute approximate surface area is 215 Å². The summed E-state index contributed by atoms with van der Waals surface area (Å²) >= 11 is 6.11. The fourth-order valence-electron chi connectivity index (χ4n) is 3.70. The summed E-state index contributed by atoms with van der Waals surface area (Å²) in [7, 11) is 0. The lowest BCUT2D eigenvalue weighted by Crippen LogP contribution is -2.23. The average Bonchev–Trinajstić information content (AvgIpc) is 3.30. The highest BCUT2D eigenvalue weighted by Crippen LogP contribution is 2.33. The summed E-state index contributed by atoms with van der Waals surface area (Å²) < 4.78 is 41.6. The molecule has 5 nitrogen and oxygen atoms in total. The molecule has 1 N–H and O–H groups in total. The van der Waals surface area contributed by atoms with Crippen LogP contribution in [0.5, 0.6) is 0 Å². The van der Waals surface area contributed by atoms with Crippen LogP contribution >= 0.6 is 11.6 Å². The van der Waals surface area contributed by atoms with Gasteiger partial charge in [-0.05, 0) is 43.1 Å². The van der Waals surface area contributed by atoms with Gasteiger partial charge in [-0.2, -0.15) is 13.2 Å². The monoisotopic (exact) mass is 520 g/mol. The number of rotatable bonds is 9. The van der Waals surface area contributed by atoms with E-state index in [2.05, 4.69) is 38.6 Å². The van der Waals surface area contributed by atoms with Crippen molar-refractivity contribution in [2.75, 3.05) is 13.1 Å². The Bertz CT molecular complexity index is 1210. The van der Waals surface area contributed by atoms with Crippen molar-refractivity contribution in [1.29, 1.82) is 0 Å². The highest BCUT2D eigenvalue weighted by molar-refractivity contribution is 6.33. The van der Waals surface area contributed by atoms with Crippen LogP contribution in [0.3, 0.4) is 0 Å². The predicted molar refractivity (Wildman–Crippen MR) is 138 cm³/mol. The molecular formula is C27H32ClF3N4O. The second-order valence-corrected chi connectivity index (χ2v) is 8.30. The van der Waals surface area contributed by atoms with Crippen LogP contribution in [-0.4, -0.2) is 33.4 Å². The van der Waals surface area contributed by atoms with E-state index in [9.17, 15) is 18.0 Å². The lowest BCUT2D eigenvalue weighted by atomic mass is 9.99. The molecule has 0 spiro atoms. The molecule has 9 heteroatoms. The van der Waals surface area contributed by atoms with E-state index in [1.165, 1.54) is 25.4 Å². The number of hydrogen-bond donors (Lipinski definition) is 1. The number of nitrogens with zero attached hydrogens (tertiary/aromatic N) is 3. The number of carbonyl (C=O) groups is 1. The van der Waals surface area contributed by atoms with Crippen molar-refractivity contribution in [2.45, 2.75) is 59.7 Å². The number of Topliss-reactive ketones (excluding diaryl/α,β-unsaturated/α-hetero) is 1. The maximum absolute atomic E-state index is 13.2. The van der Waals surface area contributed by atoms with E-state index in [-0.39, 0.29) is 12.0 Å². The molecule has 1 aromatic carbocycles. The maximum atomic E-state index is 13.2. The van der Waals surface area contributed by atoms with Gasteiger partial charge in [0, 0.05) is 30.3 Å². The van der Waals surface area contributed by atoms with E-state index in [0.717, 1.165) is 43.0 Å². The number of aryl methyl sites for hydroxylation is 1. The number of carbonyl (C=O) groups excluding carboxylic acids is 1. The fraction of sp³-hybridized carbons (Fsp3) is 0.444. The normalized spacial score (nSPS) is 11.9. The molecule has 3 rings (SSSR count). The fourth-order valence-corrected chi connectivity index (χ4v) is 3.89. The van der Waals surface area contributed by atoms with E-state index in [4.69, 9.17) is 11.6 Å². The van der Waals surface area contributed by atoms with E-state index in [0.29, 0.717) is 23.2 Å². The van der Waals surface area contributed by atoms with Crippen LogP contribution < -0.4 is 5.32 Å². The minimum absolute atomic E-state index is 0.00127. The highest BCUT2D eigenvalue weighted by Gasteiger charge is 2.34. The highest BCUT2D eigenvalue weighted by atomic mass is 35.5. The predicted octanol–water partition coefficient (Wildman–Crippen LogP) is 6.78. The first-order chi connectivity index (χ1) is 17.2. The molecular weight excluding hydrogens is 489 g/mol. The van der Waals surface area contributed by atoms with Gasteiger partial charge >= 0.3 is 6.18 Å². The summed E-state index contributed by atoms with van der Waals surface area (Å²) in [5, 5.41) is 4.56. The first kappa shape index (κ1) is 29.3. The Morgan fingerprint density at radius 1 is 1.19 bits per heavy atom. The molecule has 0 saturated carbocycles. The van der Waals surface area contributed by atoms with E-state index < -0.39 is 17.5 Å². The van der Waals surface area contributed by atoms with E-state index in [1.54, 1.807) is 0 Å². The van der Waals surface area contributed by atoms with Crippen LogP contribution in [0.1, 0.15) is 68.4 Å². The number of hydrogen-bond acceptors (Lipinski definition) is 4. The summed E-state index contributed by atoms with van der Waals surface area (Å²) in [5.41, 5.74) is -0.0483. The molecule has 0 radical (unpaired) electrons. The van der Waals surface area contributed by atoms with Gasteiger partial charge in [-0.3, -0.25) is 4.79 Å². The number of benzene rings is 1. The molecule has 1 unspecified atom stereocenters. The quantitative estimate of drug-likeness (QED) is 0.146. The second kappa shape index (κ2) is 14.0. The molecule has 3 aromatic rings. The van der Waals surface area contributed by atoms with Crippen LogP contribution in [0.15, 0.2) is 36.8 Å². The Morgan fingerprint density at radius 2 is 1.94 bits per heavy atom. The van der Waals surface area contributed by atoms with Crippen LogP contribution in [0.4, 0.5) is 13.2 Å². The number of aromatic nitrogens is 3. The van der Waals surface area contributed by atoms with Crippen molar-refractivity contribution in [1.82, 2.24) is 19.9 Å². The third kappa shape index (κ3) is 7.81. The van der Waals surface area contributed by atoms with E-state index >= 15 is 0 Å². The molecule has 0 aliphatic heterocycles. The van der Waals surface area contributed by atoms with Crippen molar-refractivity contribution in [3.05, 3.63) is 58.6 Å². The number of nitrogens with one attached hydrogen (secondary N) is 1. The summed E-state index contributed by atoms with van der Waals surface area (Å²) in [4.78, 5) is 20.3. The zero-order valence-corrected chi connectivity index (χ0v) is 21.8. The summed E-state index contributed by atoms with van der Waals surface area (Å²) in [5.74, 6) is 5.65. The van der Waals surface area contributed by atoms with Gasteiger partial charge in [0.2, 0.25) is 0 Å². The van der Waals surface area contributed by atoms with Crippen molar-refractivity contribution < 1.29 is 18.0 Å². The standard InChI is InChI=1S/C25H26ClF3N4O.C2H6/c1-3-17(9-12-33-13-10-19-23(26)31-16-32-24(19)33)15-30-11-5-6-18-7-8-21(25(27,28)29)20(14-18)22(34)4-2;1-2/h7-8,10,13-14,16-17,30H,3-4,9,11-12,15H2,1-2H3;1-2H3. The van der Waals surface area contributed by atoms with Crippen molar-refractivity contribution >= 4 is 28.4 Å². The van der Waals surface area contributed by atoms with Crippen molar-refractivity contribution in [3.63, 3.8) is 0 Å². The first-order valence-corrected chi connectivity index (χ1v) is 12.5. The van der Waals surface area contributed by atoms with Gasteiger partial charge < -0.3 is 9.88 Å². The van der Waals surface area contributed by atoms with E-state index in [1.807, 2.05) is 26.1 Å². The zero-order valence-electron chi connectivity index (χ0n) is 21.0. The smallest absolute Gasteiger partial charge is 0.332 e. The van der Waals surface area contributed by atoms with Crippen molar-refractivity contribution in [2.24, 2.45) is 5.92 Å².